The molecule has 0 bridgehead atoms. The average molecular weight is 422 g/mol. The molecule has 0 fully saturated rings. The van der Waals surface area contributed by atoms with Gasteiger partial charge in [-0.3, -0.25) is 5.10 Å². The predicted molar refractivity (Wildman–Crippen MR) is 76.2 cm³/mol. The van der Waals surface area contributed by atoms with Crippen LogP contribution in [-0.4, -0.2) is 19.9 Å². The molecule has 0 amide bonds. The second kappa shape index (κ2) is 6.51. The first-order valence-corrected chi connectivity index (χ1v) is 7.82. The van der Waals surface area contributed by atoms with Gasteiger partial charge in [-0.05, 0) is 12.1 Å². The number of hydrogen-bond acceptors (Lipinski definition) is 3. The summed E-state index contributed by atoms with van der Waals surface area (Å²) in [7, 11) is -3.69. The number of nitriles is 1. The summed E-state index contributed by atoms with van der Waals surface area (Å²) in [6, 6.07) is 2.19. The van der Waals surface area contributed by atoms with Crippen LogP contribution in [0.3, 0.4) is 0 Å². The molecule has 1 aromatic carbocycles. The lowest BCUT2D eigenvalue weighted by atomic mass is 10.1. The zero-order valence-corrected chi connectivity index (χ0v) is 13.7. The minimum absolute atomic E-state index is 0.440. The molecule has 0 aliphatic rings. The van der Waals surface area contributed by atoms with E-state index in [1.807, 2.05) is 5.10 Å². The smallest absolute Gasteiger partial charge is 0.275 e. The molecule has 1 N–H and O–H groups in total. The van der Waals surface area contributed by atoms with Gasteiger partial charge in [-0.1, -0.05) is 23.2 Å². The molecule has 0 saturated heterocycles. The fraction of sp³-hybridized carbons (Fsp3) is 0.167. The van der Waals surface area contributed by atoms with Gasteiger partial charge in [-0.25, -0.2) is 4.21 Å². The van der Waals surface area contributed by atoms with Gasteiger partial charge in [0, 0.05) is 5.56 Å². The number of nitrogens with zero attached hydrogens (tertiary/aromatic N) is 2. The van der Waals surface area contributed by atoms with Gasteiger partial charge in [0.15, 0.2) is 16.5 Å². The first-order valence-electron chi connectivity index (χ1n) is 5.91. The zero-order chi connectivity index (χ0) is 19.2. The molecule has 2 aromatic rings. The Bertz CT molecular complexity index is 877. The third-order valence-electron chi connectivity index (χ3n) is 2.84. The summed E-state index contributed by atoms with van der Waals surface area (Å²) in [4.78, 5) is -1.07. The van der Waals surface area contributed by atoms with E-state index in [1.165, 1.54) is 6.07 Å². The Balaban J connectivity index is 2.75. The van der Waals surface area contributed by atoms with Crippen LogP contribution < -0.4 is 0 Å². The molecule has 2 rings (SSSR count). The monoisotopic (exact) mass is 421 g/mol. The maximum absolute atomic E-state index is 12.8. The first kappa shape index (κ1) is 19.6. The number of hydrogen-bond donors (Lipinski definition) is 1. The lowest BCUT2D eigenvalue weighted by Crippen LogP contribution is -2.17. The summed E-state index contributed by atoms with van der Waals surface area (Å²) in [6.07, 6.45) is -4.80. The van der Waals surface area contributed by atoms with Gasteiger partial charge in [0.25, 0.3) is 0 Å². The highest BCUT2D eigenvalue weighted by Crippen LogP contribution is 2.43. The zero-order valence-electron chi connectivity index (χ0n) is 11.4. The maximum atomic E-state index is 12.8. The molecule has 25 heavy (non-hydrogen) atoms. The number of nitrogens with one attached hydrogen (secondary N) is 1. The van der Waals surface area contributed by atoms with E-state index in [4.69, 9.17) is 28.5 Å². The highest BCUT2D eigenvalue weighted by atomic mass is 35.5. The van der Waals surface area contributed by atoms with Gasteiger partial charge in [0.1, 0.15) is 11.0 Å². The van der Waals surface area contributed by atoms with E-state index in [9.17, 15) is 30.6 Å². The number of H-pyrrole nitrogens is 1. The molecule has 0 aliphatic carbocycles. The molecule has 1 atom stereocenters. The van der Waals surface area contributed by atoms with E-state index in [2.05, 4.69) is 5.10 Å². The number of aromatic amines is 1. The van der Waals surface area contributed by atoms with E-state index in [0.29, 0.717) is 12.1 Å². The van der Waals surface area contributed by atoms with Crippen molar-refractivity contribution in [3.63, 3.8) is 0 Å². The van der Waals surface area contributed by atoms with Crippen LogP contribution >= 0.6 is 23.2 Å². The van der Waals surface area contributed by atoms with E-state index in [-0.39, 0.29) is 0 Å². The van der Waals surface area contributed by atoms with Crippen molar-refractivity contribution in [3.05, 3.63) is 33.4 Å². The van der Waals surface area contributed by atoms with Crippen molar-refractivity contribution in [2.45, 2.75) is 16.6 Å². The normalized spacial score (nSPS) is 13.6. The number of rotatable bonds is 2. The number of halogens is 8. The summed E-state index contributed by atoms with van der Waals surface area (Å²) in [5, 5.41) is 12.8. The van der Waals surface area contributed by atoms with Crippen molar-refractivity contribution in [2.24, 2.45) is 0 Å². The third kappa shape index (κ3) is 3.75. The van der Waals surface area contributed by atoms with Crippen molar-refractivity contribution in [3.8, 4) is 17.3 Å². The van der Waals surface area contributed by atoms with Crippen LogP contribution in [0.15, 0.2) is 17.0 Å². The van der Waals surface area contributed by atoms with Crippen LogP contribution in [0.1, 0.15) is 11.3 Å². The van der Waals surface area contributed by atoms with Crippen LogP contribution in [-0.2, 0) is 17.0 Å². The summed E-state index contributed by atoms with van der Waals surface area (Å²) in [5.41, 5.74) is -8.47. The molecule has 0 saturated carbocycles. The molecule has 1 aromatic heterocycles. The number of aromatic nitrogens is 2. The summed E-state index contributed by atoms with van der Waals surface area (Å²) < 4.78 is 88.2. The molecule has 1 unspecified atom stereocenters. The van der Waals surface area contributed by atoms with Gasteiger partial charge >= 0.3 is 11.7 Å². The Morgan fingerprint density at radius 1 is 1.12 bits per heavy atom. The Morgan fingerprint density at radius 2 is 1.64 bits per heavy atom. The average Bonchev–Trinajstić information content (AvgIpc) is 2.87. The largest absolute Gasteiger partial charge is 0.476 e. The van der Waals surface area contributed by atoms with Gasteiger partial charge in [0.2, 0.25) is 0 Å². The van der Waals surface area contributed by atoms with Crippen LogP contribution in [0.5, 0.6) is 0 Å². The van der Waals surface area contributed by atoms with E-state index in [1.54, 1.807) is 0 Å². The highest BCUT2D eigenvalue weighted by molar-refractivity contribution is 7.86. The number of alkyl halides is 6. The number of benzene rings is 1. The van der Waals surface area contributed by atoms with Crippen molar-refractivity contribution in [1.82, 2.24) is 10.2 Å². The second-order valence-corrected chi connectivity index (χ2v) is 6.64. The Kier molecular flexibility index (Phi) is 5.09. The molecule has 4 nitrogen and oxygen atoms in total. The Hall–Kier alpha value is -1.77. The maximum Gasteiger partial charge on any atom is 0.476 e. The van der Waals surface area contributed by atoms with Crippen LogP contribution in [0.4, 0.5) is 26.3 Å². The summed E-state index contributed by atoms with van der Waals surface area (Å²) >= 11 is 11.4. The van der Waals surface area contributed by atoms with E-state index >= 15 is 0 Å². The predicted octanol–water partition coefficient (Wildman–Crippen LogP) is 4.90. The molecular weight excluding hydrogens is 419 g/mol. The molecule has 134 valence electrons. The fourth-order valence-electron chi connectivity index (χ4n) is 1.85. The van der Waals surface area contributed by atoms with Gasteiger partial charge in [0.05, 0.1) is 21.3 Å². The quantitative estimate of drug-likeness (QED) is 0.700. The van der Waals surface area contributed by atoms with Crippen LogP contribution in [0.2, 0.25) is 10.0 Å². The SMILES string of the molecule is N#Cc1n[nH]c(-c2c(Cl)cc(C(F)(F)F)cc2Cl)c1S(=O)C(F)(F)F. The molecular formula is C12H3Cl2F6N3OS. The van der Waals surface area contributed by atoms with Gasteiger partial charge in [-0.2, -0.15) is 36.7 Å². The molecule has 13 heteroatoms. The molecule has 0 radical (unpaired) electrons. The summed E-state index contributed by atoms with van der Waals surface area (Å²) in [6.45, 7) is 0. The highest BCUT2D eigenvalue weighted by Gasteiger charge is 2.42. The lowest BCUT2D eigenvalue weighted by Gasteiger charge is -2.13. The Morgan fingerprint density at radius 3 is 2.04 bits per heavy atom. The third-order valence-corrected chi connectivity index (χ3v) is 4.63. The van der Waals surface area contributed by atoms with E-state index in [0.717, 1.165) is 0 Å². The van der Waals surface area contributed by atoms with Crippen molar-refractivity contribution in [2.75, 3.05) is 0 Å². The second-order valence-electron chi connectivity index (χ2n) is 4.42. The minimum Gasteiger partial charge on any atom is -0.275 e. The van der Waals surface area contributed by atoms with Crippen LogP contribution in [0, 0.1) is 11.3 Å². The Labute approximate surface area is 147 Å². The fourth-order valence-corrected chi connectivity index (χ4v) is 3.36. The molecule has 1 heterocycles. The van der Waals surface area contributed by atoms with Crippen molar-refractivity contribution in [1.29, 1.82) is 5.26 Å². The molecule has 0 aliphatic heterocycles. The van der Waals surface area contributed by atoms with Crippen molar-refractivity contribution >= 4 is 34.0 Å². The summed E-state index contributed by atoms with van der Waals surface area (Å²) in [5.74, 6) is 0. The van der Waals surface area contributed by atoms with Gasteiger partial charge < -0.3 is 0 Å². The first-order chi connectivity index (χ1) is 11.4. The lowest BCUT2D eigenvalue weighted by molar-refractivity contribution is -0.137. The van der Waals surface area contributed by atoms with Crippen LogP contribution in [0.25, 0.3) is 11.3 Å². The molecule has 0 spiro atoms. The van der Waals surface area contributed by atoms with Crippen molar-refractivity contribution < 1.29 is 30.6 Å². The standard InChI is InChI=1S/C12H3Cl2F6N3OS/c13-5-1-4(11(15,16)17)2-6(14)8(5)9-10(7(3-21)22-23-9)25(24)12(18,19)20/h1-2H,(H,22,23). The minimum atomic E-state index is -5.24. The van der Waals surface area contributed by atoms with E-state index < -0.39 is 59.9 Å². The van der Waals surface area contributed by atoms with Gasteiger partial charge in [-0.15, -0.1) is 0 Å². The topological polar surface area (TPSA) is 69.5 Å².